The molecule has 0 aliphatic rings. The van der Waals surface area contributed by atoms with Gasteiger partial charge >= 0.3 is 6.18 Å². The predicted molar refractivity (Wildman–Crippen MR) is 120 cm³/mol. The SMILES string of the molecule is CS(=O)(=O)Nc1ccccc1-n1c(/C=C/c2cc(F)cc(C(F)(F)F)c2)nc2ccccc21. The standard InChI is InChI=1S/C23H17F4N3O2S/c1-33(31,32)29-19-7-3-5-9-21(19)30-20-8-4-2-6-18(20)28-22(30)11-10-15-12-16(23(25,26)27)14-17(24)13-15/h2-14,29H,1H3/b11-10+. The Morgan fingerprint density at radius 3 is 2.39 bits per heavy atom. The summed E-state index contributed by atoms with van der Waals surface area (Å²) in [4.78, 5) is 4.52. The number of alkyl halides is 3. The van der Waals surface area contributed by atoms with Crippen molar-refractivity contribution in [2.45, 2.75) is 6.18 Å². The van der Waals surface area contributed by atoms with Crippen LogP contribution in [0.4, 0.5) is 23.2 Å². The molecular weight excluding hydrogens is 458 g/mol. The molecule has 0 amide bonds. The van der Waals surface area contributed by atoms with Crippen molar-refractivity contribution >= 4 is 38.9 Å². The van der Waals surface area contributed by atoms with Gasteiger partial charge in [0.05, 0.1) is 34.2 Å². The van der Waals surface area contributed by atoms with E-state index in [1.165, 1.54) is 12.2 Å². The van der Waals surface area contributed by atoms with Gasteiger partial charge in [0.1, 0.15) is 11.6 Å². The van der Waals surface area contributed by atoms with Gasteiger partial charge in [0.15, 0.2) is 0 Å². The summed E-state index contributed by atoms with van der Waals surface area (Å²) < 4.78 is 80.8. The molecule has 0 bridgehead atoms. The van der Waals surface area contributed by atoms with Crippen LogP contribution in [0.3, 0.4) is 0 Å². The zero-order valence-electron chi connectivity index (χ0n) is 17.1. The highest BCUT2D eigenvalue weighted by molar-refractivity contribution is 7.92. The number of nitrogens with zero attached hydrogens (tertiary/aromatic N) is 2. The fourth-order valence-corrected chi connectivity index (χ4v) is 3.98. The molecule has 0 spiro atoms. The molecule has 0 aliphatic heterocycles. The minimum absolute atomic E-state index is 0.00322. The first-order chi connectivity index (χ1) is 15.5. The number of aromatic nitrogens is 2. The van der Waals surface area contributed by atoms with Crippen LogP contribution in [-0.2, 0) is 16.2 Å². The van der Waals surface area contributed by atoms with Crippen molar-refractivity contribution in [3.05, 3.63) is 89.5 Å². The summed E-state index contributed by atoms with van der Waals surface area (Å²) >= 11 is 0. The Bertz CT molecular complexity index is 1470. The first-order valence-corrected chi connectivity index (χ1v) is 11.5. The van der Waals surface area contributed by atoms with Gasteiger partial charge in [-0.3, -0.25) is 9.29 Å². The smallest absolute Gasteiger partial charge is 0.291 e. The fraction of sp³-hybridized carbons (Fsp3) is 0.0870. The van der Waals surface area contributed by atoms with Crippen molar-refractivity contribution in [3.63, 3.8) is 0 Å². The molecule has 4 aromatic rings. The summed E-state index contributed by atoms with van der Waals surface area (Å²) in [7, 11) is -3.59. The van der Waals surface area contributed by atoms with E-state index in [1.54, 1.807) is 53.1 Å². The fourth-order valence-electron chi connectivity index (χ4n) is 3.41. The lowest BCUT2D eigenvalue weighted by atomic mass is 10.1. The third kappa shape index (κ3) is 5.06. The van der Waals surface area contributed by atoms with Gasteiger partial charge in [-0.15, -0.1) is 0 Å². The van der Waals surface area contributed by atoms with Crippen molar-refractivity contribution in [2.75, 3.05) is 11.0 Å². The van der Waals surface area contributed by atoms with Gasteiger partial charge < -0.3 is 0 Å². The van der Waals surface area contributed by atoms with Crippen molar-refractivity contribution in [1.29, 1.82) is 0 Å². The Hall–Kier alpha value is -3.66. The molecule has 170 valence electrons. The molecule has 1 heterocycles. The molecule has 5 nitrogen and oxygen atoms in total. The van der Waals surface area contributed by atoms with E-state index in [-0.39, 0.29) is 5.56 Å². The number of anilines is 1. The zero-order chi connectivity index (χ0) is 23.8. The number of fused-ring (bicyclic) bond motifs is 1. The van der Waals surface area contributed by atoms with Crippen LogP contribution in [0.25, 0.3) is 28.9 Å². The number of rotatable bonds is 5. The highest BCUT2D eigenvalue weighted by atomic mass is 32.2. The molecule has 0 fully saturated rings. The van der Waals surface area contributed by atoms with Crippen molar-refractivity contribution < 1.29 is 26.0 Å². The molecule has 3 aromatic carbocycles. The van der Waals surface area contributed by atoms with Crippen LogP contribution in [-0.4, -0.2) is 24.2 Å². The molecule has 0 saturated carbocycles. The molecule has 0 atom stereocenters. The van der Waals surface area contributed by atoms with Crippen LogP contribution in [0.15, 0.2) is 66.7 Å². The Morgan fingerprint density at radius 1 is 0.970 bits per heavy atom. The number of para-hydroxylation sites is 4. The minimum atomic E-state index is -4.69. The lowest BCUT2D eigenvalue weighted by Crippen LogP contribution is -2.12. The first-order valence-electron chi connectivity index (χ1n) is 9.62. The maximum absolute atomic E-state index is 13.8. The van der Waals surface area contributed by atoms with E-state index in [4.69, 9.17) is 0 Å². The second-order valence-corrected chi connectivity index (χ2v) is 9.04. The number of hydrogen-bond donors (Lipinski definition) is 1. The van der Waals surface area contributed by atoms with Crippen LogP contribution in [0, 0.1) is 5.82 Å². The van der Waals surface area contributed by atoms with Crippen LogP contribution in [0.2, 0.25) is 0 Å². The Morgan fingerprint density at radius 2 is 1.67 bits per heavy atom. The Kier molecular flexibility index (Phi) is 5.71. The van der Waals surface area contributed by atoms with Gasteiger partial charge in [-0.2, -0.15) is 13.2 Å². The zero-order valence-corrected chi connectivity index (χ0v) is 18.0. The summed E-state index contributed by atoms with van der Waals surface area (Å²) in [5.74, 6) is -0.697. The average molecular weight is 475 g/mol. The van der Waals surface area contributed by atoms with E-state index < -0.39 is 27.6 Å². The number of nitrogens with one attached hydrogen (secondary N) is 1. The normalized spacial score (nSPS) is 12.5. The monoisotopic (exact) mass is 475 g/mol. The van der Waals surface area contributed by atoms with Crippen molar-refractivity contribution in [2.24, 2.45) is 0 Å². The molecule has 0 unspecified atom stereocenters. The number of hydrogen-bond acceptors (Lipinski definition) is 3. The Labute approximate surface area is 187 Å². The molecule has 1 N–H and O–H groups in total. The van der Waals surface area contributed by atoms with Crippen LogP contribution in [0.5, 0.6) is 0 Å². The molecule has 10 heteroatoms. The van der Waals surface area contributed by atoms with E-state index in [9.17, 15) is 26.0 Å². The number of imidazole rings is 1. The molecule has 0 radical (unpaired) electrons. The molecular formula is C23H17F4N3O2S. The highest BCUT2D eigenvalue weighted by Crippen LogP contribution is 2.32. The van der Waals surface area contributed by atoms with Crippen LogP contribution >= 0.6 is 0 Å². The third-order valence-electron chi connectivity index (χ3n) is 4.70. The Balaban J connectivity index is 1.87. The quantitative estimate of drug-likeness (QED) is 0.375. The van der Waals surface area contributed by atoms with E-state index in [2.05, 4.69) is 9.71 Å². The lowest BCUT2D eigenvalue weighted by Gasteiger charge is -2.14. The van der Waals surface area contributed by atoms with Gasteiger partial charge in [0.2, 0.25) is 10.0 Å². The number of sulfonamides is 1. The predicted octanol–water partition coefficient (Wildman–Crippen LogP) is 5.73. The van der Waals surface area contributed by atoms with Gasteiger partial charge in [-0.1, -0.05) is 30.3 Å². The van der Waals surface area contributed by atoms with E-state index in [0.717, 1.165) is 18.4 Å². The summed E-state index contributed by atoms with van der Waals surface area (Å²) in [5.41, 5.74) is 0.896. The molecule has 0 aliphatic carbocycles. The maximum Gasteiger partial charge on any atom is 0.416 e. The second kappa shape index (κ2) is 8.36. The topological polar surface area (TPSA) is 64.0 Å². The van der Waals surface area contributed by atoms with Gasteiger partial charge in [-0.25, -0.2) is 17.8 Å². The van der Waals surface area contributed by atoms with Gasteiger partial charge in [-0.05, 0) is 54.1 Å². The summed E-state index contributed by atoms with van der Waals surface area (Å²) in [6, 6.07) is 16.0. The largest absolute Gasteiger partial charge is 0.416 e. The lowest BCUT2D eigenvalue weighted by molar-refractivity contribution is -0.137. The summed E-state index contributed by atoms with van der Waals surface area (Å²) in [5, 5.41) is 0. The summed E-state index contributed by atoms with van der Waals surface area (Å²) in [6.45, 7) is 0. The second-order valence-electron chi connectivity index (χ2n) is 7.29. The number of halogens is 4. The molecule has 4 rings (SSSR count). The van der Waals surface area contributed by atoms with Gasteiger partial charge in [0.25, 0.3) is 0 Å². The van der Waals surface area contributed by atoms with Crippen LogP contribution in [0.1, 0.15) is 17.0 Å². The highest BCUT2D eigenvalue weighted by Gasteiger charge is 2.31. The first kappa shape index (κ1) is 22.5. The van der Waals surface area contributed by atoms with Crippen LogP contribution < -0.4 is 4.72 Å². The van der Waals surface area contributed by atoms with Crippen molar-refractivity contribution in [1.82, 2.24) is 9.55 Å². The van der Waals surface area contributed by atoms with Crippen molar-refractivity contribution in [3.8, 4) is 5.69 Å². The summed E-state index contributed by atoms with van der Waals surface area (Å²) in [6.07, 6.45) is -0.887. The molecule has 0 saturated heterocycles. The maximum atomic E-state index is 13.8. The van der Waals surface area contributed by atoms with E-state index in [0.29, 0.717) is 34.3 Å². The third-order valence-corrected chi connectivity index (χ3v) is 5.29. The average Bonchev–Trinajstić information content (AvgIpc) is 3.09. The minimum Gasteiger partial charge on any atom is -0.291 e. The number of benzene rings is 3. The van der Waals surface area contributed by atoms with Gasteiger partial charge in [0, 0.05) is 0 Å². The molecule has 1 aromatic heterocycles. The van der Waals surface area contributed by atoms with E-state index >= 15 is 0 Å². The van der Waals surface area contributed by atoms with E-state index in [1.807, 2.05) is 0 Å². The molecule has 33 heavy (non-hydrogen) atoms.